The maximum Gasteiger partial charge on any atom is 0.143 e. The highest BCUT2D eigenvalue weighted by Crippen LogP contribution is 2.46. The van der Waals surface area contributed by atoms with Gasteiger partial charge in [0.25, 0.3) is 0 Å². The minimum atomic E-state index is -0.612. The second kappa shape index (κ2) is 8.02. The van der Waals surface area contributed by atoms with E-state index in [1.165, 1.54) is 48.9 Å². The van der Waals surface area contributed by atoms with Crippen LogP contribution in [0.15, 0.2) is 91.0 Å². The van der Waals surface area contributed by atoms with Gasteiger partial charge in [0.1, 0.15) is 5.60 Å². The number of rotatable bonds is 6. The van der Waals surface area contributed by atoms with Gasteiger partial charge in [0, 0.05) is 11.6 Å². The van der Waals surface area contributed by atoms with E-state index >= 15 is 0 Å². The normalized spacial score (nSPS) is 24.1. The molecule has 2 nitrogen and oxygen atoms in total. The summed E-state index contributed by atoms with van der Waals surface area (Å²) in [5, 5.41) is 0. The van der Waals surface area contributed by atoms with Gasteiger partial charge in [0.2, 0.25) is 0 Å². The van der Waals surface area contributed by atoms with Gasteiger partial charge in [-0.05, 0) is 55.8 Å². The Labute approximate surface area is 180 Å². The average Bonchev–Trinajstić information content (AvgIpc) is 3.37. The third-order valence-electron chi connectivity index (χ3n) is 7.31. The van der Waals surface area contributed by atoms with E-state index in [4.69, 9.17) is 4.74 Å². The summed E-state index contributed by atoms with van der Waals surface area (Å²) in [5.41, 5.74) is 3.14. The second-order valence-corrected chi connectivity index (χ2v) is 8.98. The van der Waals surface area contributed by atoms with Crippen LogP contribution < -0.4 is 0 Å². The lowest BCUT2D eigenvalue weighted by Gasteiger charge is -2.41. The number of nitrogens with zero attached hydrogens (tertiary/aromatic N) is 1. The van der Waals surface area contributed by atoms with E-state index in [-0.39, 0.29) is 5.54 Å². The van der Waals surface area contributed by atoms with E-state index in [9.17, 15) is 0 Å². The molecule has 0 N–H and O–H groups in total. The van der Waals surface area contributed by atoms with Gasteiger partial charge in [-0.2, -0.15) is 0 Å². The van der Waals surface area contributed by atoms with Crippen LogP contribution in [-0.2, 0) is 10.3 Å². The Hall–Kier alpha value is -2.42. The molecule has 0 bridgehead atoms. The van der Waals surface area contributed by atoms with Crippen LogP contribution in [0.5, 0.6) is 0 Å². The van der Waals surface area contributed by atoms with Crippen LogP contribution in [0.1, 0.15) is 49.3 Å². The largest absolute Gasteiger partial charge is 0.359 e. The van der Waals surface area contributed by atoms with Crippen molar-refractivity contribution < 1.29 is 4.74 Å². The molecular formula is C28H31NO. The van der Waals surface area contributed by atoms with Crippen LogP contribution in [0.4, 0.5) is 0 Å². The molecule has 0 spiro atoms. The molecule has 0 amide bonds. The van der Waals surface area contributed by atoms with Gasteiger partial charge in [0.15, 0.2) is 0 Å². The molecule has 2 atom stereocenters. The Morgan fingerprint density at radius 2 is 1.30 bits per heavy atom. The standard InChI is InChI=1S/C28H31NO/c1-23-18-20-27(19-11-21-29(23)27)22-30-28(24-12-5-2-6-13-24,25-14-7-3-8-15-25)26-16-9-4-10-17-26/h2-10,12-17,23H,11,18-22H2,1H3/t23-,27+/m1/s1. The van der Waals surface area contributed by atoms with Crippen molar-refractivity contribution >= 4 is 0 Å². The maximum absolute atomic E-state index is 7.18. The first kappa shape index (κ1) is 19.5. The number of benzene rings is 3. The van der Waals surface area contributed by atoms with Crippen molar-refractivity contribution in [1.29, 1.82) is 0 Å². The Balaban J connectivity index is 1.63. The molecule has 2 aliphatic rings. The van der Waals surface area contributed by atoms with Crippen molar-refractivity contribution in [3.63, 3.8) is 0 Å². The fourth-order valence-corrected chi connectivity index (χ4v) is 5.79. The van der Waals surface area contributed by atoms with Crippen molar-refractivity contribution in [3.8, 4) is 0 Å². The highest BCUT2D eigenvalue weighted by Gasteiger charge is 2.50. The van der Waals surface area contributed by atoms with Crippen LogP contribution >= 0.6 is 0 Å². The first-order chi connectivity index (χ1) is 14.7. The zero-order valence-electron chi connectivity index (χ0n) is 17.8. The number of ether oxygens (including phenoxy) is 1. The zero-order valence-corrected chi connectivity index (χ0v) is 17.8. The molecular weight excluding hydrogens is 366 g/mol. The predicted octanol–water partition coefficient (Wildman–Crippen LogP) is 6.01. The lowest BCUT2D eigenvalue weighted by molar-refractivity contribution is -0.0457. The molecule has 2 heteroatoms. The molecule has 154 valence electrons. The third-order valence-corrected chi connectivity index (χ3v) is 7.31. The maximum atomic E-state index is 7.18. The van der Waals surface area contributed by atoms with E-state index in [1.54, 1.807) is 0 Å². The van der Waals surface area contributed by atoms with E-state index in [0.29, 0.717) is 6.04 Å². The molecule has 2 fully saturated rings. The van der Waals surface area contributed by atoms with Gasteiger partial charge < -0.3 is 4.74 Å². The average molecular weight is 398 g/mol. The highest BCUT2D eigenvalue weighted by molar-refractivity contribution is 5.47. The number of hydrogen-bond acceptors (Lipinski definition) is 2. The third kappa shape index (κ3) is 3.19. The van der Waals surface area contributed by atoms with Crippen LogP contribution in [0.25, 0.3) is 0 Å². The van der Waals surface area contributed by atoms with Crippen molar-refractivity contribution in [2.24, 2.45) is 0 Å². The first-order valence-electron chi connectivity index (χ1n) is 11.3. The molecule has 3 aromatic rings. The van der Waals surface area contributed by atoms with Crippen LogP contribution in [-0.4, -0.2) is 29.6 Å². The minimum Gasteiger partial charge on any atom is -0.359 e. The van der Waals surface area contributed by atoms with Crippen molar-refractivity contribution in [3.05, 3.63) is 108 Å². The summed E-state index contributed by atoms with van der Waals surface area (Å²) in [6.45, 7) is 4.35. The minimum absolute atomic E-state index is 0.184. The SMILES string of the molecule is C[C@@H]1CC[C@]2(COC(c3ccccc3)(c3ccccc3)c3ccccc3)CCCN12. The number of fused-ring (bicyclic) bond motifs is 1. The number of hydrogen-bond donors (Lipinski definition) is 0. The summed E-state index contributed by atoms with van der Waals surface area (Å²) in [4.78, 5) is 2.72. The molecule has 0 saturated carbocycles. The van der Waals surface area contributed by atoms with Crippen molar-refractivity contribution in [2.45, 2.75) is 49.8 Å². The van der Waals surface area contributed by atoms with Gasteiger partial charge in [0.05, 0.1) is 6.61 Å². The van der Waals surface area contributed by atoms with Gasteiger partial charge in [-0.25, -0.2) is 0 Å². The van der Waals surface area contributed by atoms with Gasteiger partial charge in [-0.1, -0.05) is 91.0 Å². The summed E-state index contributed by atoms with van der Waals surface area (Å²) in [5.74, 6) is 0. The molecule has 2 saturated heterocycles. The Kier molecular flexibility index (Phi) is 5.22. The van der Waals surface area contributed by atoms with Crippen molar-refractivity contribution in [1.82, 2.24) is 4.90 Å². The van der Waals surface area contributed by atoms with Gasteiger partial charge >= 0.3 is 0 Å². The summed E-state index contributed by atoms with van der Waals surface area (Å²) < 4.78 is 7.18. The molecule has 3 aromatic carbocycles. The molecule has 0 unspecified atom stereocenters. The van der Waals surface area contributed by atoms with E-state index in [0.717, 1.165) is 6.61 Å². The molecule has 30 heavy (non-hydrogen) atoms. The van der Waals surface area contributed by atoms with E-state index in [1.807, 2.05) is 0 Å². The molecule has 2 heterocycles. The van der Waals surface area contributed by atoms with Gasteiger partial charge in [-0.15, -0.1) is 0 Å². The van der Waals surface area contributed by atoms with Gasteiger partial charge in [-0.3, -0.25) is 4.90 Å². The predicted molar refractivity (Wildman–Crippen MR) is 123 cm³/mol. The summed E-state index contributed by atoms with van der Waals surface area (Å²) in [6.07, 6.45) is 5.04. The van der Waals surface area contributed by atoms with E-state index in [2.05, 4.69) is 103 Å². The van der Waals surface area contributed by atoms with Crippen LogP contribution in [0, 0.1) is 0 Å². The molecule has 5 rings (SSSR count). The molecule has 2 aliphatic heterocycles. The monoisotopic (exact) mass is 397 g/mol. The lowest BCUT2D eigenvalue weighted by Crippen LogP contribution is -2.47. The highest BCUT2D eigenvalue weighted by atomic mass is 16.5. The zero-order chi connectivity index (χ0) is 20.4. The smallest absolute Gasteiger partial charge is 0.143 e. The first-order valence-corrected chi connectivity index (χ1v) is 11.3. The molecule has 0 radical (unpaired) electrons. The Morgan fingerprint density at radius 1 is 0.800 bits per heavy atom. The fourth-order valence-electron chi connectivity index (χ4n) is 5.79. The summed E-state index contributed by atoms with van der Waals surface area (Å²) in [7, 11) is 0. The summed E-state index contributed by atoms with van der Waals surface area (Å²) in [6, 6.07) is 32.9. The topological polar surface area (TPSA) is 12.5 Å². The van der Waals surface area contributed by atoms with E-state index < -0.39 is 5.60 Å². The Bertz CT molecular complexity index is 859. The second-order valence-electron chi connectivity index (χ2n) is 8.98. The van der Waals surface area contributed by atoms with Crippen LogP contribution in [0.2, 0.25) is 0 Å². The lowest BCUT2D eigenvalue weighted by atomic mass is 9.79. The van der Waals surface area contributed by atoms with Crippen LogP contribution in [0.3, 0.4) is 0 Å². The molecule has 0 aliphatic carbocycles. The quantitative estimate of drug-likeness (QED) is 0.472. The van der Waals surface area contributed by atoms with Crippen molar-refractivity contribution in [2.75, 3.05) is 13.2 Å². The molecule has 0 aromatic heterocycles. The Morgan fingerprint density at radius 3 is 1.80 bits per heavy atom. The fraction of sp³-hybridized carbons (Fsp3) is 0.357. The summed E-state index contributed by atoms with van der Waals surface area (Å²) >= 11 is 0.